The van der Waals surface area contributed by atoms with Crippen molar-refractivity contribution in [3.8, 4) is 11.5 Å². The third-order valence-electron chi connectivity index (χ3n) is 4.30. The Labute approximate surface area is 182 Å². The zero-order valence-electron chi connectivity index (χ0n) is 16.5. The maximum Gasteiger partial charge on any atom is 0.277 e. The minimum absolute atomic E-state index is 0.0423. The molecule has 0 unspecified atom stereocenters. The molecule has 0 aliphatic carbocycles. The average Bonchev–Trinajstić information content (AvgIpc) is 3.42. The average molecular weight is 434 g/mol. The number of carbonyl (C=O) groups is 2. The molecule has 0 spiro atoms. The third-order valence-corrected chi connectivity index (χ3v) is 5.12. The lowest BCUT2D eigenvalue weighted by atomic mass is 10.1. The molecule has 2 heterocycles. The summed E-state index contributed by atoms with van der Waals surface area (Å²) in [4.78, 5) is 25.1. The molecule has 0 aliphatic heterocycles. The summed E-state index contributed by atoms with van der Waals surface area (Å²) in [7, 11) is 0. The number of anilines is 2. The van der Waals surface area contributed by atoms with E-state index >= 15 is 0 Å². The fourth-order valence-electron chi connectivity index (χ4n) is 2.81. The van der Waals surface area contributed by atoms with Crippen molar-refractivity contribution in [2.45, 2.75) is 12.1 Å². The van der Waals surface area contributed by atoms with Gasteiger partial charge in [0.2, 0.25) is 5.91 Å². The van der Waals surface area contributed by atoms with Gasteiger partial charge in [-0.2, -0.15) is 0 Å². The molecule has 0 fully saturated rings. The second-order valence-electron chi connectivity index (χ2n) is 6.47. The number of hydrogen-bond donors (Lipinski definition) is 2. The molecule has 2 aromatic carbocycles. The standard InChI is InChI=1S/C22H18N4O4S/c1-14-16(11-12-29-14)21-25-26-22(30-21)31-13-19(27)24-18-10-6-5-9-17(18)20(28)23-15-7-3-2-4-8-15/h2-12H,13H2,1H3,(H,23,28)(H,24,27). The predicted octanol–water partition coefficient (Wildman–Crippen LogP) is 4.62. The van der Waals surface area contributed by atoms with Gasteiger partial charge in [-0.05, 0) is 37.3 Å². The van der Waals surface area contributed by atoms with Gasteiger partial charge in [0.1, 0.15) is 5.76 Å². The molecule has 2 amide bonds. The number of para-hydroxylation sites is 2. The Morgan fingerprint density at radius 2 is 1.74 bits per heavy atom. The number of nitrogens with one attached hydrogen (secondary N) is 2. The Kier molecular flexibility index (Phi) is 6.13. The van der Waals surface area contributed by atoms with Crippen LogP contribution in [-0.2, 0) is 4.79 Å². The van der Waals surface area contributed by atoms with E-state index in [1.807, 2.05) is 18.2 Å². The Morgan fingerprint density at radius 1 is 0.968 bits per heavy atom. The van der Waals surface area contributed by atoms with E-state index in [2.05, 4.69) is 20.8 Å². The number of thioether (sulfide) groups is 1. The number of amides is 2. The zero-order valence-corrected chi connectivity index (χ0v) is 17.3. The van der Waals surface area contributed by atoms with Gasteiger partial charge in [-0.3, -0.25) is 9.59 Å². The highest BCUT2D eigenvalue weighted by Crippen LogP contribution is 2.26. The molecule has 2 N–H and O–H groups in total. The summed E-state index contributed by atoms with van der Waals surface area (Å²) >= 11 is 1.11. The molecule has 31 heavy (non-hydrogen) atoms. The quantitative estimate of drug-likeness (QED) is 0.408. The molecular formula is C22H18N4O4S. The summed E-state index contributed by atoms with van der Waals surface area (Å²) < 4.78 is 10.8. The van der Waals surface area contributed by atoms with E-state index in [0.29, 0.717) is 34.2 Å². The lowest BCUT2D eigenvalue weighted by molar-refractivity contribution is -0.113. The van der Waals surface area contributed by atoms with Crippen molar-refractivity contribution in [3.63, 3.8) is 0 Å². The van der Waals surface area contributed by atoms with Crippen LogP contribution in [0.1, 0.15) is 16.1 Å². The van der Waals surface area contributed by atoms with Crippen molar-refractivity contribution >= 4 is 35.0 Å². The molecule has 0 radical (unpaired) electrons. The van der Waals surface area contributed by atoms with Crippen LogP contribution in [0.4, 0.5) is 11.4 Å². The first-order valence-electron chi connectivity index (χ1n) is 9.36. The van der Waals surface area contributed by atoms with Gasteiger partial charge < -0.3 is 19.5 Å². The van der Waals surface area contributed by atoms with E-state index in [0.717, 1.165) is 11.8 Å². The molecule has 0 aliphatic rings. The van der Waals surface area contributed by atoms with Gasteiger partial charge in [0.05, 0.1) is 28.8 Å². The van der Waals surface area contributed by atoms with E-state index in [9.17, 15) is 9.59 Å². The minimum Gasteiger partial charge on any atom is -0.469 e. The molecular weight excluding hydrogens is 416 g/mol. The largest absolute Gasteiger partial charge is 0.469 e. The smallest absolute Gasteiger partial charge is 0.277 e. The maximum absolute atomic E-state index is 12.6. The zero-order chi connectivity index (χ0) is 21.6. The van der Waals surface area contributed by atoms with Crippen LogP contribution in [0.15, 0.2) is 81.0 Å². The van der Waals surface area contributed by atoms with Crippen LogP contribution in [0.5, 0.6) is 0 Å². The van der Waals surface area contributed by atoms with E-state index in [1.54, 1.807) is 55.7 Å². The maximum atomic E-state index is 12.6. The summed E-state index contributed by atoms with van der Waals surface area (Å²) in [5, 5.41) is 13.8. The van der Waals surface area contributed by atoms with Crippen LogP contribution in [0.2, 0.25) is 0 Å². The number of furan rings is 1. The molecule has 0 saturated carbocycles. The first-order chi connectivity index (χ1) is 15.1. The first-order valence-corrected chi connectivity index (χ1v) is 10.3. The Morgan fingerprint density at radius 3 is 2.52 bits per heavy atom. The van der Waals surface area contributed by atoms with Crippen molar-refractivity contribution in [2.24, 2.45) is 0 Å². The second kappa shape index (κ2) is 9.31. The van der Waals surface area contributed by atoms with Gasteiger partial charge in [0.15, 0.2) is 0 Å². The summed E-state index contributed by atoms with van der Waals surface area (Å²) in [6.45, 7) is 1.80. The lowest BCUT2D eigenvalue weighted by Gasteiger charge is -2.11. The number of carbonyl (C=O) groups excluding carboxylic acids is 2. The summed E-state index contributed by atoms with van der Waals surface area (Å²) in [5.41, 5.74) is 2.16. The van der Waals surface area contributed by atoms with Crippen LogP contribution in [0.25, 0.3) is 11.5 Å². The molecule has 0 bridgehead atoms. The molecule has 9 heteroatoms. The monoisotopic (exact) mass is 434 g/mol. The molecule has 2 aromatic heterocycles. The van der Waals surface area contributed by atoms with E-state index < -0.39 is 0 Å². The van der Waals surface area contributed by atoms with Gasteiger partial charge in [0, 0.05) is 5.69 Å². The fourth-order valence-corrected chi connectivity index (χ4v) is 3.37. The molecule has 4 rings (SSSR count). The Hall–Kier alpha value is -3.85. The van der Waals surface area contributed by atoms with Crippen LogP contribution in [0.3, 0.4) is 0 Å². The van der Waals surface area contributed by atoms with Crippen LogP contribution in [0, 0.1) is 6.92 Å². The Bertz CT molecular complexity index is 1200. The number of aromatic nitrogens is 2. The van der Waals surface area contributed by atoms with Gasteiger partial charge in [0.25, 0.3) is 17.0 Å². The Balaban J connectivity index is 1.38. The summed E-state index contributed by atoms with van der Waals surface area (Å²) in [6, 6.07) is 17.7. The van der Waals surface area contributed by atoms with E-state index in [4.69, 9.17) is 8.83 Å². The van der Waals surface area contributed by atoms with Gasteiger partial charge in [-0.15, -0.1) is 10.2 Å². The highest BCUT2D eigenvalue weighted by Gasteiger charge is 2.16. The highest BCUT2D eigenvalue weighted by atomic mass is 32.2. The van der Waals surface area contributed by atoms with E-state index in [-0.39, 0.29) is 22.8 Å². The number of rotatable bonds is 7. The second-order valence-corrected chi connectivity index (χ2v) is 7.39. The van der Waals surface area contributed by atoms with E-state index in [1.165, 1.54) is 0 Å². The van der Waals surface area contributed by atoms with Crippen LogP contribution >= 0.6 is 11.8 Å². The number of benzene rings is 2. The van der Waals surface area contributed by atoms with Crippen molar-refractivity contribution in [1.82, 2.24) is 10.2 Å². The molecule has 4 aromatic rings. The van der Waals surface area contributed by atoms with Crippen molar-refractivity contribution in [1.29, 1.82) is 0 Å². The summed E-state index contributed by atoms with van der Waals surface area (Å²) in [6.07, 6.45) is 1.54. The van der Waals surface area contributed by atoms with Crippen molar-refractivity contribution in [2.75, 3.05) is 16.4 Å². The van der Waals surface area contributed by atoms with Crippen molar-refractivity contribution in [3.05, 3.63) is 78.3 Å². The third kappa shape index (κ3) is 5.01. The molecule has 0 saturated heterocycles. The van der Waals surface area contributed by atoms with Crippen molar-refractivity contribution < 1.29 is 18.4 Å². The number of nitrogens with zero attached hydrogens (tertiary/aromatic N) is 2. The SMILES string of the molecule is Cc1occc1-c1nnc(SCC(=O)Nc2ccccc2C(=O)Nc2ccccc2)o1. The van der Waals surface area contributed by atoms with Gasteiger partial charge in [-0.1, -0.05) is 42.1 Å². The minimum atomic E-state index is -0.313. The lowest BCUT2D eigenvalue weighted by Crippen LogP contribution is -2.19. The molecule has 8 nitrogen and oxygen atoms in total. The number of aryl methyl sites for hydroxylation is 1. The fraction of sp³-hybridized carbons (Fsp3) is 0.0909. The number of hydrogen-bond acceptors (Lipinski definition) is 7. The predicted molar refractivity (Wildman–Crippen MR) is 117 cm³/mol. The normalized spacial score (nSPS) is 10.6. The van der Waals surface area contributed by atoms with Crippen LogP contribution in [-0.4, -0.2) is 27.8 Å². The molecule has 156 valence electrons. The topological polar surface area (TPSA) is 110 Å². The first kappa shape index (κ1) is 20.4. The highest BCUT2D eigenvalue weighted by molar-refractivity contribution is 7.99. The summed E-state index contributed by atoms with van der Waals surface area (Å²) in [5.74, 6) is 0.428. The molecule has 0 atom stereocenters. The van der Waals surface area contributed by atoms with Gasteiger partial charge >= 0.3 is 0 Å². The van der Waals surface area contributed by atoms with Gasteiger partial charge in [-0.25, -0.2) is 0 Å². The van der Waals surface area contributed by atoms with Crippen LogP contribution < -0.4 is 10.6 Å².